The zero-order chi connectivity index (χ0) is 18.4. The van der Waals surface area contributed by atoms with E-state index in [9.17, 15) is 14.4 Å². The van der Waals surface area contributed by atoms with Crippen molar-refractivity contribution in [1.82, 2.24) is 4.98 Å². The molecule has 10 heteroatoms. The SMILES string of the molecule is O=C(O)COc1ccc(Cl)cc1[C@H]1c2sc(=O)[nH]c2S[C@@H]2COC(=O)[C@H]12. The summed E-state index contributed by atoms with van der Waals surface area (Å²) in [4.78, 5) is 38.5. The summed E-state index contributed by atoms with van der Waals surface area (Å²) in [6, 6.07) is 4.81. The molecule has 2 aromatic rings. The number of rotatable bonds is 4. The first-order valence-corrected chi connectivity index (χ1v) is 9.72. The van der Waals surface area contributed by atoms with E-state index >= 15 is 0 Å². The molecule has 1 saturated heterocycles. The minimum Gasteiger partial charge on any atom is -0.482 e. The smallest absolute Gasteiger partial charge is 0.341 e. The number of thiazole rings is 1. The summed E-state index contributed by atoms with van der Waals surface area (Å²) < 4.78 is 10.6. The van der Waals surface area contributed by atoms with Crippen LogP contribution < -0.4 is 9.61 Å². The van der Waals surface area contributed by atoms with Gasteiger partial charge in [0.25, 0.3) is 0 Å². The van der Waals surface area contributed by atoms with Crippen molar-refractivity contribution in [2.45, 2.75) is 16.2 Å². The number of thioether (sulfide) groups is 1. The van der Waals surface area contributed by atoms with Crippen molar-refractivity contribution in [3.8, 4) is 5.75 Å². The van der Waals surface area contributed by atoms with E-state index in [4.69, 9.17) is 26.2 Å². The quantitative estimate of drug-likeness (QED) is 0.741. The molecule has 7 nitrogen and oxygen atoms in total. The molecule has 136 valence electrons. The van der Waals surface area contributed by atoms with Gasteiger partial charge in [-0.3, -0.25) is 9.59 Å². The molecule has 0 amide bonds. The number of halogens is 1. The van der Waals surface area contributed by atoms with Crippen molar-refractivity contribution in [2.75, 3.05) is 13.2 Å². The van der Waals surface area contributed by atoms with E-state index in [1.807, 2.05) is 0 Å². The normalized spacial score (nSPS) is 23.9. The van der Waals surface area contributed by atoms with Gasteiger partial charge < -0.3 is 19.6 Å². The molecule has 2 aliphatic heterocycles. The van der Waals surface area contributed by atoms with Crippen LogP contribution in [-0.2, 0) is 14.3 Å². The largest absolute Gasteiger partial charge is 0.482 e. The van der Waals surface area contributed by atoms with E-state index in [-0.39, 0.29) is 22.7 Å². The fraction of sp³-hybridized carbons (Fsp3) is 0.312. The summed E-state index contributed by atoms with van der Waals surface area (Å²) in [6.07, 6.45) is 0. The maximum Gasteiger partial charge on any atom is 0.341 e. The van der Waals surface area contributed by atoms with Crippen LogP contribution in [0.15, 0.2) is 28.0 Å². The molecular weight excluding hydrogens is 402 g/mol. The summed E-state index contributed by atoms with van der Waals surface area (Å²) in [5.74, 6) is -2.13. The number of carbonyl (C=O) groups is 2. The number of aromatic nitrogens is 1. The lowest BCUT2D eigenvalue weighted by atomic mass is 9.83. The number of carbonyl (C=O) groups excluding carboxylic acids is 1. The van der Waals surface area contributed by atoms with Crippen LogP contribution in [-0.4, -0.2) is 40.5 Å². The summed E-state index contributed by atoms with van der Waals surface area (Å²) in [5, 5.41) is 9.90. The molecule has 0 radical (unpaired) electrons. The number of hydrogen-bond acceptors (Lipinski definition) is 7. The summed E-state index contributed by atoms with van der Waals surface area (Å²) in [7, 11) is 0. The zero-order valence-corrected chi connectivity index (χ0v) is 15.5. The first-order valence-electron chi connectivity index (χ1n) is 7.64. The van der Waals surface area contributed by atoms with Gasteiger partial charge in [0.05, 0.1) is 16.2 Å². The number of carboxylic acid groups (broad SMARTS) is 1. The molecule has 26 heavy (non-hydrogen) atoms. The number of hydrogen-bond donors (Lipinski definition) is 2. The van der Waals surface area contributed by atoms with Crippen LogP contribution in [0.1, 0.15) is 16.4 Å². The number of cyclic esters (lactones) is 1. The standard InChI is InChI=1S/C16H12ClNO6S2/c17-6-1-2-8(23-5-10(19)20)7(3-6)11-12-9(4-24-15(12)21)25-14-13(11)26-16(22)18-14/h1-3,9,11-12H,4-5H2,(H,18,22)(H,19,20)/t9-,11-,12+/m1/s1. The van der Waals surface area contributed by atoms with Gasteiger partial charge in [-0.25, -0.2) is 4.79 Å². The van der Waals surface area contributed by atoms with Crippen molar-refractivity contribution in [1.29, 1.82) is 0 Å². The fourth-order valence-electron chi connectivity index (χ4n) is 3.27. The number of aromatic amines is 1. The lowest BCUT2D eigenvalue weighted by Crippen LogP contribution is -2.30. The second kappa shape index (κ2) is 6.64. The van der Waals surface area contributed by atoms with Gasteiger partial charge >= 0.3 is 16.8 Å². The van der Waals surface area contributed by atoms with E-state index in [1.54, 1.807) is 18.2 Å². The summed E-state index contributed by atoms with van der Waals surface area (Å²) in [5.41, 5.74) is 0.574. The van der Waals surface area contributed by atoms with E-state index in [2.05, 4.69) is 4.98 Å². The van der Waals surface area contributed by atoms with Crippen LogP contribution in [0.4, 0.5) is 0 Å². The van der Waals surface area contributed by atoms with Crippen LogP contribution in [0, 0.1) is 5.92 Å². The van der Waals surface area contributed by atoms with Crippen molar-refractivity contribution >= 4 is 46.6 Å². The lowest BCUT2D eigenvalue weighted by molar-refractivity contribution is -0.142. The average Bonchev–Trinajstić information content (AvgIpc) is 3.13. The predicted molar refractivity (Wildman–Crippen MR) is 95.5 cm³/mol. The number of ether oxygens (including phenoxy) is 2. The third kappa shape index (κ3) is 3.00. The Morgan fingerprint density at radius 3 is 3.00 bits per heavy atom. The van der Waals surface area contributed by atoms with Crippen LogP contribution in [0.2, 0.25) is 5.02 Å². The van der Waals surface area contributed by atoms with Gasteiger partial charge in [0.1, 0.15) is 12.4 Å². The molecule has 1 aromatic carbocycles. The maximum atomic E-state index is 12.4. The highest BCUT2D eigenvalue weighted by molar-refractivity contribution is 8.00. The Balaban J connectivity index is 1.86. The molecule has 4 rings (SSSR count). The number of H-pyrrole nitrogens is 1. The Morgan fingerprint density at radius 1 is 1.42 bits per heavy atom. The van der Waals surface area contributed by atoms with E-state index < -0.39 is 24.4 Å². The highest BCUT2D eigenvalue weighted by Crippen LogP contribution is 2.53. The van der Waals surface area contributed by atoms with E-state index in [0.29, 0.717) is 26.2 Å². The number of esters is 1. The van der Waals surface area contributed by atoms with Crippen LogP contribution in [0.25, 0.3) is 0 Å². The molecule has 1 aromatic heterocycles. The molecule has 2 aliphatic rings. The molecule has 0 saturated carbocycles. The molecule has 0 bridgehead atoms. The highest BCUT2D eigenvalue weighted by Gasteiger charge is 2.50. The number of fused-ring (bicyclic) bond motifs is 2. The van der Waals surface area contributed by atoms with Gasteiger partial charge in [-0.05, 0) is 18.2 Å². The Bertz CT molecular complexity index is 954. The van der Waals surface area contributed by atoms with Crippen molar-refractivity contribution in [3.05, 3.63) is 43.3 Å². The second-order valence-electron chi connectivity index (χ2n) is 5.86. The minimum absolute atomic E-state index is 0.142. The topological polar surface area (TPSA) is 106 Å². The minimum atomic E-state index is -1.12. The Kier molecular flexibility index (Phi) is 4.45. The second-order valence-corrected chi connectivity index (χ2v) is 8.56. The number of benzene rings is 1. The molecule has 1 fully saturated rings. The van der Waals surface area contributed by atoms with E-state index in [1.165, 1.54) is 11.8 Å². The van der Waals surface area contributed by atoms with E-state index in [0.717, 1.165) is 11.3 Å². The molecule has 2 N–H and O–H groups in total. The molecular formula is C16H12ClNO6S2. The van der Waals surface area contributed by atoms with Gasteiger partial charge in [-0.15, -0.1) is 0 Å². The van der Waals surface area contributed by atoms with Gasteiger partial charge in [-0.2, -0.15) is 0 Å². The first-order chi connectivity index (χ1) is 12.4. The number of carboxylic acids is 1. The third-order valence-electron chi connectivity index (χ3n) is 4.27. The molecule has 3 heterocycles. The molecule has 0 spiro atoms. The first kappa shape index (κ1) is 17.4. The predicted octanol–water partition coefficient (Wildman–Crippen LogP) is 2.33. The van der Waals surface area contributed by atoms with Gasteiger partial charge in [0.2, 0.25) is 0 Å². The van der Waals surface area contributed by atoms with Gasteiger partial charge in [0.15, 0.2) is 6.61 Å². The highest BCUT2D eigenvalue weighted by atomic mass is 35.5. The third-order valence-corrected chi connectivity index (χ3v) is 6.89. The number of nitrogens with one attached hydrogen (secondary N) is 1. The van der Waals surface area contributed by atoms with Crippen LogP contribution in [0.3, 0.4) is 0 Å². The lowest BCUT2D eigenvalue weighted by Gasteiger charge is -2.30. The Labute approximate surface area is 160 Å². The van der Waals surface area contributed by atoms with Crippen molar-refractivity contribution < 1.29 is 24.2 Å². The fourth-order valence-corrected chi connectivity index (χ4v) is 5.93. The Hall–Kier alpha value is -1.97. The molecule has 0 unspecified atom stereocenters. The van der Waals surface area contributed by atoms with Gasteiger partial charge in [0, 0.05) is 21.4 Å². The molecule has 0 aliphatic carbocycles. The molecule has 3 atom stereocenters. The maximum absolute atomic E-state index is 12.4. The zero-order valence-electron chi connectivity index (χ0n) is 13.1. The van der Waals surface area contributed by atoms with Crippen molar-refractivity contribution in [2.24, 2.45) is 5.92 Å². The summed E-state index contributed by atoms with van der Waals surface area (Å²) in [6.45, 7) is -0.265. The van der Waals surface area contributed by atoms with Crippen molar-refractivity contribution in [3.63, 3.8) is 0 Å². The Morgan fingerprint density at radius 2 is 2.23 bits per heavy atom. The monoisotopic (exact) mass is 413 g/mol. The van der Waals surface area contributed by atoms with Crippen LogP contribution in [0.5, 0.6) is 5.75 Å². The van der Waals surface area contributed by atoms with Gasteiger partial charge in [-0.1, -0.05) is 34.7 Å². The average molecular weight is 414 g/mol. The number of aliphatic carboxylic acids is 1. The summed E-state index contributed by atoms with van der Waals surface area (Å²) >= 11 is 8.60. The van der Waals surface area contributed by atoms with Crippen LogP contribution >= 0.6 is 34.7 Å².